The van der Waals surface area contributed by atoms with Crippen LogP contribution in [0.5, 0.6) is 0 Å². The van der Waals surface area contributed by atoms with E-state index < -0.39 is 30.4 Å². The van der Waals surface area contributed by atoms with Crippen LogP contribution in [0.4, 0.5) is 0 Å². The minimum atomic E-state index is -0.901. The summed E-state index contributed by atoms with van der Waals surface area (Å²) in [7, 11) is 0. The van der Waals surface area contributed by atoms with E-state index in [4.69, 9.17) is 9.84 Å². The SMILES string of the molecule is CC/C=C\C/C=C\C[C@@H]1O[C@@H]([C@@H](O)/C=C/[C@H](O)C/C=C\CCC(=O)O)C[C@H]1O. The van der Waals surface area contributed by atoms with Crippen LogP contribution < -0.4 is 0 Å². The predicted octanol–water partition coefficient (Wildman–Crippen LogP) is 2.90. The zero-order chi connectivity index (χ0) is 20.8. The lowest BCUT2D eigenvalue weighted by atomic mass is 10.0. The second-order valence-corrected chi connectivity index (χ2v) is 6.92. The Balaban J connectivity index is 2.33. The molecule has 158 valence electrons. The molecule has 0 radical (unpaired) electrons. The van der Waals surface area contributed by atoms with Crippen LogP contribution in [0.3, 0.4) is 0 Å². The molecule has 0 unspecified atom stereocenters. The van der Waals surface area contributed by atoms with Gasteiger partial charge >= 0.3 is 5.97 Å². The normalized spacial score (nSPS) is 25.5. The molecule has 1 aliphatic rings. The van der Waals surface area contributed by atoms with Crippen molar-refractivity contribution in [2.24, 2.45) is 0 Å². The average Bonchev–Trinajstić information content (AvgIpc) is 3.03. The minimum Gasteiger partial charge on any atom is -0.481 e. The number of allylic oxidation sites excluding steroid dienone is 4. The predicted molar refractivity (Wildman–Crippen MR) is 109 cm³/mol. The first-order valence-electron chi connectivity index (χ1n) is 9.98. The lowest BCUT2D eigenvalue weighted by Gasteiger charge is -2.16. The van der Waals surface area contributed by atoms with Crippen molar-refractivity contribution in [2.45, 2.75) is 82.4 Å². The van der Waals surface area contributed by atoms with E-state index in [-0.39, 0.29) is 12.5 Å². The summed E-state index contributed by atoms with van der Waals surface area (Å²) in [6.07, 6.45) is 15.2. The fourth-order valence-electron chi connectivity index (χ4n) is 2.87. The maximum absolute atomic E-state index is 10.4. The van der Waals surface area contributed by atoms with Crippen LogP contribution in [-0.2, 0) is 9.53 Å². The van der Waals surface area contributed by atoms with Gasteiger partial charge in [-0.3, -0.25) is 4.79 Å². The third kappa shape index (κ3) is 10.6. The van der Waals surface area contributed by atoms with Gasteiger partial charge in [-0.05, 0) is 32.1 Å². The van der Waals surface area contributed by atoms with Gasteiger partial charge in [0, 0.05) is 12.8 Å². The zero-order valence-corrected chi connectivity index (χ0v) is 16.6. The lowest BCUT2D eigenvalue weighted by Crippen LogP contribution is -2.24. The van der Waals surface area contributed by atoms with Gasteiger partial charge in [0.15, 0.2) is 0 Å². The molecule has 1 saturated heterocycles. The van der Waals surface area contributed by atoms with Crippen LogP contribution in [0.25, 0.3) is 0 Å². The van der Waals surface area contributed by atoms with E-state index in [2.05, 4.69) is 19.1 Å². The van der Waals surface area contributed by atoms with Crippen molar-refractivity contribution in [1.82, 2.24) is 0 Å². The number of carboxylic acids is 1. The number of aliphatic hydroxyl groups is 3. The van der Waals surface area contributed by atoms with E-state index in [1.807, 2.05) is 12.2 Å². The molecular weight excluding hydrogens is 360 g/mol. The van der Waals surface area contributed by atoms with Gasteiger partial charge < -0.3 is 25.2 Å². The highest BCUT2D eigenvalue weighted by molar-refractivity contribution is 5.66. The molecular formula is C22H34O6. The molecule has 1 aliphatic heterocycles. The number of ether oxygens (including phenoxy) is 1. The molecule has 0 aromatic rings. The molecule has 5 atom stereocenters. The van der Waals surface area contributed by atoms with Gasteiger partial charge in [-0.1, -0.05) is 55.5 Å². The van der Waals surface area contributed by atoms with Gasteiger partial charge in [-0.25, -0.2) is 0 Å². The van der Waals surface area contributed by atoms with Crippen molar-refractivity contribution < 1.29 is 30.0 Å². The fourth-order valence-corrected chi connectivity index (χ4v) is 2.87. The largest absolute Gasteiger partial charge is 0.481 e. The van der Waals surface area contributed by atoms with Crippen molar-refractivity contribution in [3.05, 3.63) is 48.6 Å². The molecule has 4 N–H and O–H groups in total. The number of hydrogen-bond acceptors (Lipinski definition) is 5. The number of carboxylic acid groups (broad SMARTS) is 1. The highest BCUT2D eigenvalue weighted by Gasteiger charge is 2.36. The van der Waals surface area contributed by atoms with Crippen LogP contribution in [0.15, 0.2) is 48.6 Å². The summed E-state index contributed by atoms with van der Waals surface area (Å²) in [5.41, 5.74) is 0. The molecule has 0 aromatic heterocycles. The summed E-state index contributed by atoms with van der Waals surface area (Å²) in [6.45, 7) is 2.08. The Kier molecular flexibility index (Phi) is 12.4. The third-order valence-corrected chi connectivity index (χ3v) is 4.44. The van der Waals surface area contributed by atoms with Crippen LogP contribution in [0.1, 0.15) is 51.9 Å². The standard InChI is InChI=1S/C22H34O6/c1-2-3-4-5-6-9-12-20-19(25)16-21(28-20)18(24)15-14-17(23)11-8-7-10-13-22(26)27/h3-4,6-9,14-15,17-21,23-25H,2,5,10-13,16H2,1H3,(H,26,27)/b4-3-,8-7-,9-6-,15-14+/t17-,18+,19-,20+,21-/m1/s1. The summed E-state index contributed by atoms with van der Waals surface area (Å²) < 4.78 is 5.76. The Morgan fingerprint density at radius 3 is 2.57 bits per heavy atom. The average molecular weight is 395 g/mol. The van der Waals surface area contributed by atoms with Gasteiger partial charge in [0.1, 0.15) is 0 Å². The summed E-state index contributed by atoms with van der Waals surface area (Å²) in [6, 6.07) is 0. The maximum Gasteiger partial charge on any atom is 0.303 e. The van der Waals surface area contributed by atoms with Gasteiger partial charge in [0.25, 0.3) is 0 Å². The van der Waals surface area contributed by atoms with Crippen LogP contribution in [0, 0.1) is 0 Å². The Morgan fingerprint density at radius 2 is 1.86 bits per heavy atom. The van der Waals surface area contributed by atoms with E-state index in [0.717, 1.165) is 12.8 Å². The molecule has 1 heterocycles. The molecule has 0 saturated carbocycles. The quantitative estimate of drug-likeness (QED) is 0.358. The van der Waals surface area contributed by atoms with E-state index in [1.54, 1.807) is 12.2 Å². The van der Waals surface area contributed by atoms with Crippen molar-refractivity contribution in [3.8, 4) is 0 Å². The van der Waals surface area contributed by atoms with Crippen LogP contribution in [-0.4, -0.2) is 56.9 Å². The number of hydrogen-bond donors (Lipinski definition) is 4. The summed E-state index contributed by atoms with van der Waals surface area (Å²) in [5.74, 6) is -0.853. The molecule has 0 bridgehead atoms. The second-order valence-electron chi connectivity index (χ2n) is 6.92. The van der Waals surface area contributed by atoms with Crippen LogP contribution in [0.2, 0.25) is 0 Å². The second kappa shape index (κ2) is 14.3. The molecule has 28 heavy (non-hydrogen) atoms. The summed E-state index contributed by atoms with van der Waals surface area (Å²) in [5, 5.41) is 38.8. The van der Waals surface area contributed by atoms with Gasteiger partial charge in [0.05, 0.1) is 30.5 Å². The number of rotatable bonds is 13. The van der Waals surface area contributed by atoms with Gasteiger partial charge in [-0.2, -0.15) is 0 Å². The first-order valence-corrected chi connectivity index (χ1v) is 9.98. The van der Waals surface area contributed by atoms with Crippen LogP contribution >= 0.6 is 0 Å². The monoisotopic (exact) mass is 394 g/mol. The zero-order valence-electron chi connectivity index (χ0n) is 16.6. The summed E-state index contributed by atoms with van der Waals surface area (Å²) >= 11 is 0. The number of aliphatic carboxylic acids is 1. The topological polar surface area (TPSA) is 107 Å². The Bertz CT molecular complexity index is 551. The van der Waals surface area contributed by atoms with E-state index in [0.29, 0.717) is 25.7 Å². The van der Waals surface area contributed by atoms with Crippen molar-refractivity contribution in [3.63, 3.8) is 0 Å². The Hall–Kier alpha value is -1.73. The first-order chi connectivity index (χ1) is 13.4. The van der Waals surface area contributed by atoms with Crippen molar-refractivity contribution >= 4 is 5.97 Å². The van der Waals surface area contributed by atoms with Gasteiger partial charge in [-0.15, -0.1) is 0 Å². The minimum absolute atomic E-state index is 0.0638. The molecule has 6 heteroatoms. The molecule has 1 fully saturated rings. The van der Waals surface area contributed by atoms with Gasteiger partial charge in [0.2, 0.25) is 0 Å². The first kappa shape index (κ1) is 24.3. The highest BCUT2D eigenvalue weighted by Crippen LogP contribution is 2.26. The Morgan fingerprint density at radius 1 is 1.11 bits per heavy atom. The smallest absolute Gasteiger partial charge is 0.303 e. The summed E-state index contributed by atoms with van der Waals surface area (Å²) in [4.78, 5) is 10.4. The molecule has 0 aliphatic carbocycles. The van der Waals surface area contributed by atoms with Crippen molar-refractivity contribution in [2.75, 3.05) is 0 Å². The third-order valence-electron chi connectivity index (χ3n) is 4.44. The molecule has 6 nitrogen and oxygen atoms in total. The molecule has 1 rings (SSSR count). The van der Waals surface area contributed by atoms with E-state index in [1.165, 1.54) is 12.2 Å². The highest BCUT2D eigenvalue weighted by atomic mass is 16.5. The molecule has 0 amide bonds. The molecule has 0 spiro atoms. The molecule has 0 aromatic carbocycles. The van der Waals surface area contributed by atoms with Crippen molar-refractivity contribution in [1.29, 1.82) is 0 Å². The van der Waals surface area contributed by atoms with E-state index in [9.17, 15) is 20.1 Å². The lowest BCUT2D eigenvalue weighted by molar-refractivity contribution is -0.136. The maximum atomic E-state index is 10.4. The number of carbonyl (C=O) groups is 1. The van der Waals surface area contributed by atoms with E-state index >= 15 is 0 Å². The fraction of sp³-hybridized carbons (Fsp3) is 0.591. The Labute approximate surface area is 167 Å². The number of aliphatic hydroxyl groups excluding tert-OH is 3.